The number of hydrogen-bond donors (Lipinski definition) is 0. The van der Waals surface area contributed by atoms with Crippen molar-refractivity contribution < 1.29 is 0 Å². The molecule has 0 saturated carbocycles. The van der Waals surface area contributed by atoms with Gasteiger partial charge in [-0.15, -0.1) is 10.2 Å². The first-order valence-corrected chi connectivity index (χ1v) is 7.49. The van der Waals surface area contributed by atoms with Gasteiger partial charge in [0.05, 0.1) is 6.21 Å². The first kappa shape index (κ1) is 14.5. The van der Waals surface area contributed by atoms with Crippen molar-refractivity contribution in [1.29, 1.82) is 0 Å². The lowest BCUT2D eigenvalue weighted by Crippen LogP contribution is -2.26. The van der Waals surface area contributed by atoms with Crippen LogP contribution < -0.4 is 5.56 Å². The number of benzene rings is 1. The van der Waals surface area contributed by atoms with Gasteiger partial charge in [0.15, 0.2) is 0 Å². The molecule has 0 spiro atoms. The Hall–Kier alpha value is -1.95. The molecule has 0 aliphatic rings. The van der Waals surface area contributed by atoms with E-state index in [1.807, 2.05) is 50.4 Å². The smallest absolute Gasteiger partial charge is 0.265 e. The molecule has 5 nitrogen and oxygen atoms in total. The summed E-state index contributed by atoms with van der Waals surface area (Å²) in [4.78, 5) is 12.3. The quantitative estimate of drug-likeness (QED) is 0.640. The van der Waals surface area contributed by atoms with Crippen LogP contribution in [0, 0.1) is 0 Å². The van der Waals surface area contributed by atoms with Gasteiger partial charge in [0.2, 0.25) is 5.16 Å². The fraction of sp³-hybridized carbons (Fsp3) is 0.286. The average Bonchev–Trinajstić information content (AvgIpc) is 2.46. The summed E-state index contributed by atoms with van der Waals surface area (Å²) in [5, 5.41) is 12.8. The standard InChI is InChI=1S/C14H16N4OS/c1-10(2)12-13(19)18(14(20-3)17-16-12)15-9-11-7-5-4-6-8-11/h4-10H,1-3H3/b15-9+. The van der Waals surface area contributed by atoms with E-state index in [0.717, 1.165) is 5.56 Å². The van der Waals surface area contributed by atoms with Crippen LogP contribution in [-0.2, 0) is 0 Å². The van der Waals surface area contributed by atoms with E-state index in [4.69, 9.17) is 0 Å². The molecule has 0 saturated heterocycles. The minimum Gasteiger partial charge on any atom is -0.265 e. The van der Waals surface area contributed by atoms with E-state index >= 15 is 0 Å². The van der Waals surface area contributed by atoms with Crippen LogP contribution in [0.5, 0.6) is 0 Å². The largest absolute Gasteiger partial charge is 0.297 e. The second-order valence-corrected chi connectivity index (χ2v) is 5.27. The monoisotopic (exact) mass is 288 g/mol. The molecule has 20 heavy (non-hydrogen) atoms. The topological polar surface area (TPSA) is 60.1 Å². The molecule has 104 valence electrons. The van der Waals surface area contributed by atoms with Gasteiger partial charge in [-0.1, -0.05) is 55.9 Å². The normalized spacial score (nSPS) is 11.4. The van der Waals surface area contributed by atoms with Gasteiger partial charge < -0.3 is 0 Å². The van der Waals surface area contributed by atoms with Crippen LogP contribution in [0.3, 0.4) is 0 Å². The lowest BCUT2D eigenvalue weighted by Gasteiger charge is -2.07. The average molecular weight is 288 g/mol. The van der Waals surface area contributed by atoms with Gasteiger partial charge in [0, 0.05) is 5.92 Å². The Bertz CT molecular complexity index is 665. The summed E-state index contributed by atoms with van der Waals surface area (Å²) in [6, 6.07) is 9.62. The molecule has 0 bridgehead atoms. The van der Waals surface area contributed by atoms with E-state index in [9.17, 15) is 4.79 Å². The molecule has 1 aromatic carbocycles. The lowest BCUT2D eigenvalue weighted by molar-refractivity contribution is 0.605. The molecule has 0 amide bonds. The van der Waals surface area contributed by atoms with Crippen molar-refractivity contribution >= 4 is 18.0 Å². The lowest BCUT2D eigenvalue weighted by atomic mass is 10.1. The highest BCUT2D eigenvalue weighted by Gasteiger charge is 2.13. The molecule has 0 fully saturated rings. The van der Waals surface area contributed by atoms with Crippen molar-refractivity contribution in [1.82, 2.24) is 14.9 Å². The van der Waals surface area contributed by atoms with Crippen molar-refractivity contribution in [3.63, 3.8) is 0 Å². The zero-order valence-corrected chi connectivity index (χ0v) is 12.5. The Kier molecular flexibility index (Phi) is 4.68. The predicted octanol–water partition coefficient (Wildman–Crippen LogP) is 2.37. The molecule has 1 heterocycles. The summed E-state index contributed by atoms with van der Waals surface area (Å²) >= 11 is 1.34. The summed E-state index contributed by atoms with van der Waals surface area (Å²) < 4.78 is 1.31. The summed E-state index contributed by atoms with van der Waals surface area (Å²) in [5.41, 5.74) is 1.13. The Morgan fingerprint density at radius 2 is 1.95 bits per heavy atom. The maximum absolute atomic E-state index is 12.3. The molecular weight excluding hydrogens is 272 g/mol. The molecule has 6 heteroatoms. The third kappa shape index (κ3) is 3.14. The Balaban J connectivity index is 2.47. The molecule has 2 rings (SSSR count). The molecule has 0 aliphatic carbocycles. The minimum absolute atomic E-state index is 0.0177. The van der Waals surface area contributed by atoms with Crippen LogP contribution >= 0.6 is 11.8 Å². The SMILES string of the molecule is CSc1nnc(C(C)C)c(=O)n1/N=C/c1ccccc1. The molecule has 0 radical (unpaired) electrons. The summed E-state index contributed by atoms with van der Waals surface area (Å²) in [7, 11) is 0. The number of nitrogens with zero attached hydrogens (tertiary/aromatic N) is 4. The number of aromatic nitrogens is 3. The zero-order chi connectivity index (χ0) is 14.5. The fourth-order valence-electron chi connectivity index (χ4n) is 1.63. The van der Waals surface area contributed by atoms with Crippen LogP contribution in [-0.4, -0.2) is 27.3 Å². The van der Waals surface area contributed by atoms with E-state index in [-0.39, 0.29) is 11.5 Å². The summed E-state index contributed by atoms with van der Waals surface area (Å²) in [6.07, 6.45) is 3.49. The van der Waals surface area contributed by atoms with Crippen LogP contribution in [0.4, 0.5) is 0 Å². The van der Waals surface area contributed by atoms with Gasteiger partial charge in [0.1, 0.15) is 5.69 Å². The van der Waals surface area contributed by atoms with Crippen LogP contribution in [0.2, 0.25) is 0 Å². The van der Waals surface area contributed by atoms with Crippen molar-refractivity contribution in [2.45, 2.75) is 24.9 Å². The van der Waals surface area contributed by atoms with Gasteiger partial charge in [-0.3, -0.25) is 4.79 Å². The molecule has 0 atom stereocenters. The second kappa shape index (κ2) is 6.47. The minimum atomic E-state index is -0.216. The third-order valence-corrected chi connectivity index (χ3v) is 3.31. The van der Waals surface area contributed by atoms with Crippen molar-refractivity contribution in [2.24, 2.45) is 5.10 Å². The fourth-order valence-corrected chi connectivity index (χ4v) is 2.06. The maximum Gasteiger partial charge on any atom is 0.297 e. The van der Waals surface area contributed by atoms with E-state index in [2.05, 4.69) is 15.3 Å². The Morgan fingerprint density at radius 1 is 1.25 bits per heavy atom. The number of thioether (sulfide) groups is 1. The zero-order valence-electron chi connectivity index (χ0n) is 11.6. The first-order chi connectivity index (χ1) is 9.63. The highest BCUT2D eigenvalue weighted by Crippen LogP contribution is 2.11. The van der Waals surface area contributed by atoms with Gasteiger partial charge in [-0.2, -0.15) is 9.78 Å². The van der Waals surface area contributed by atoms with Gasteiger partial charge >= 0.3 is 0 Å². The van der Waals surface area contributed by atoms with Gasteiger partial charge in [-0.25, -0.2) is 0 Å². The molecule has 2 aromatic rings. The Morgan fingerprint density at radius 3 is 2.55 bits per heavy atom. The summed E-state index contributed by atoms with van der Waals surface area (Å²) in [5.74, 6) is 0.0177. The molecule has 0 N–H and O–H groups in total. The first-order valence-electron chi connectivity index (χ1n) is 6.26. The van der Waals surface area contributed by atoms with Gasteiger partial charge in [0.25, 0.3) is 5.56 Å². The van der Waals surface area contributed by atoms with Crippen LogP contribution in [0.25, 0.3) is 0 Å². The molecule has 1 aromatic heterocycles. The van der Waals surface area contributed by atoms with E-state index in [1.165, 1.54) is 16.4 Å². The van der Waals surface area contributed by atoms with Crippen molar-refractivity contribution in [2.75, 3.05) is 6.26 Å². The molecular formula is C14H16N4OS. The predicted molar refractivity (Wildman–Crippen MR) is 81.6 cm³/mol. The second-order valence-electron chi connectivity index (χ2n) is 4.50. The van der Waals surface area contributed by atoms with E-state index < -0.39 is 0 Å². The van der Waals surface area contributed by atoms with Gasteiger partial charge in [-0.05, 0) is 11.8 Å². The highest BCUT2D eigenvalue weighted by molar-refractivity contribution is 7.98. The van der Waals surface area contributed by atoms with Crippen LogP contribution in [0.1, 0.15) is 31.0 Å². The van der Waals surface area contributed by atoms with Crippen LogP contribution in [0.15, 0.2) is 45.4 Å². The Labute approximate surface area is 121 Å². The molecule has 0 aliphatic heterocycles. The van der Waals surface area contributed by atoms with E-state index in [1.54, 1.807) is 6.21 Å². The van der Waals surface area contributed by atoms with E-state index in [0.29, 0.717) is 10.9 Å². The maximum atomic E-state index is 12.3. The molecule has 0 unspecified atom stereocenters. The highest BCUT2D eigenvalue weighted by atomic mass is 32.2. The number of rotatable bonds is 4. The third-order valence-electron chi connectivity index (χ3n) is 2.69. The summed E-state index contributed by atoms with van der Waals surface area (Å²) in [6.45, 7) is 3.82. The number of hydrogen-bond acceptors (Lipinski definition) is 5. The van der Waals surface area contributed by atoms with Crippen molar-refractivity contribution in [3.8, 4) is 0 Å². The van der Waals surface area contributed by atoms with Crippen molar-refractivity contribution in [3.05, 3.63) is 51.9 Å².